The molecular weight excluding hydrogens is 267 g/mol. The van der Waals surface area contributed by atoms with Gasteiger partial charge >= 0.3 is 5.97 Å². The Morgan fingerprint density at radius 2 is 2.00 bits per heavy atom. The molecule has 17 heavy (non-hydrogen) atoms. The lowest BCUT2D eigenvalue weighted by Crippen LogP contribution is -2.43. The second-order valence-corrected chi connectivity index (χ2v) is 4.60. The molecule has 0 atom stereocenters. The van der Waals surface area contributed by atoms with Gasteiger partial charge in [-0.25, -0.2) is 9.78 Å². The Bertz CT molecular complexity index is 500. The molecule has 0 bridgehead atoms. The summed E-state index contributed by atoms with van der Waals surface area (Å²) in [6.45, 7) is 0. The molecule has 2 rings (SSSR count). The third-order valence-electron chi connectivity index (χ3n) is 2.54. The molecule has 0 radical (unpaired) electrons. The minimum absolute atomic E-state index is 0.0632. The number of carboxylic acids is 1. The number of carbonyl (C=O) groups is 2. The summed E-state index contributed by atoms with van der Waals surface area (Å²) < 4.78 is 0. The molecule has 1 amide bonds. The summed E-state index contributed by atoms with van der Waals surface area (Å²) in [6, 6.07) is 2.89. The average molecular weight is 275 g/mol. The molecule has 1 fully saturated rings. The summed E-state index contributed by atoms with van der Waals surface area (Å²) in [6.07, 6.45) is 0.818. The second-order valence-electron chi connectivity index (χ2n) is 3.81. The van der Waals surface area contributed by atoms with E-state index in [1.807, 2.05) is 0 Å². The topological polar surface area (TPSA) is 79.3 Å². The number of carboxylic acid groups (broad SMARTS) is 1. The lowest BCUT2D eigenvalue weighted by Gasteiger charge is -2.12. The molecule has 5 nitrogen and oxygen atoms in total. The highest BCUT2D eigenvalue weighted by atomic mass is 35.5. The van der Waals surface area contributed by atoms with Crippen molar-refractivity contribution in [3.63, 3.8) is 0 Å². The maximum absolute atomic E-state index is 11.8. The van der Waals surface area contributed by atoms with Gasteiger partial charge in [-0.15, -0.1) is 0 Å². The van der Waals surface area contributed by atoms with Crippen molar-refractivity contribution in [2.45, 2.75) is 18.4 Å². The molecule has 1 aromatic rings. The fourth-order valence-electron chi connectivity index (χ4n) is 1.37. The first-order valence-corrected chi connectivity index (χ1v) is 5.58. The van der Waals surface area contributed by atoms with Gasteiger partial charge in [-0.1, -0.05) is 23.2 Å². The molecule has 0 aromatic carbocycles. The van der Waals surface area contributed by atoms with E-state index in [1.54, 1.807) is 0 Å². The SMILES string of the molecule is O=C(NC1(C(=O)O)CC1)c1nc(Cl)ccc1Cl. The van der Waals surface area contributed by atoms with Gasteiger partial charge in [0, 0.05) is 0 Å². The van der Waals surface area contributed by atoms with E-state index in [4.69, 9.17) is 28.3 Å². The summed E-state index contributed by atoms with van der Waals surface area (Å²) in [5.41, 5.74) is -1.23. The molecule has 90 valence electrons. The molecule has 1 heterocycles. The number of carbonyl (C=O) groups excluding carboxylic acids is 1. The maximum atomic E-state index is 11.8. The van der Waals surface area contributed by atoms with Crippen LogP contribution in [0.5, 0.6) is 0 Å². The summed E-state index contributed by atoms with van der Waals surface area (Å²) in [5, 5.41) is 11.6. The molecule has 0 aliphatic heterocycles. The van der Waals surface area contributed by atoms with Crippen LogP contribution in [0.2, 0.25) is 10.2 Å². The van der Waals surface area contributed by atoms with Gasteiger partial charge in [-0.2, -0.15) is 0 Å². The standard InChI is InChI=1S/C10H8Cl2N2O3/c11-5-1-2-6(12)13-7(5)8(15)14-10(3-4-10)9(16)17/h1-2H,3-4H2,(H,14,15)(H,16,17). The van der Waals surface area contributed by atoms with E-state index in [-0.39, 0.29) is 15.9 Å². The van der Waals surface area contributed by atoms with Gasteiger partial charge < -0.3 is 10.4 Å². The Hall–Kier alpha value is -1.33. The van der Waals surface area contributed by atoms with Crippen LogP contribution >= 0.6 is 23.2 Å². The van der Waals surface area contributed by atoms with Crippen LogP contribution in [0.3, 0.4) is 0 Å². The molecule has 1 aliphatic carbocycles. The predicted octanol–water partition coefficient (Wildman–Crippen LogP) is 1.74. The van der Waals surface area contributed by atoms with Gasteiger partial charge in [0.25, 0.3) is 5.91 Å². The molecule has 0 spiro atoms. The van der Waals surface area contributed by atoms with Crippen LogP contribution in [0.4, 0.5) is 0 Å². The van der Waals surface area contributed by atoms with E-state index in [0.717, 1.165) is 0 Å². The third kappa shape index (κ3) is 2.35. The number of hydrogen-bond acceptors (Lipinski definition) is 3. The fraction of sp³-hybridized carbons (Fsp3) is 0.300. The van der Waals surface area contributed by atoms with Gasteiger partial charge in [-0.3, -0.25) is 4.79 Å². The van der Waals surface area contributed by atoms with Crippen molar-refractivity contribution >= 4 is 35.1 Å². The van der Waals surface area contributed by atoms with Gasteiger partial charge in [-0.05, 0) is 25.0 Å². The van der Waals surface area contributed by atoms with Gasteiger partial charge in [0.05, 0.1) is 5.02 Å². The molecule has 7 heteroatoms. The first-order chi connectivity index (χ1) is 7.94. The van der Waals surface area contributed by atoms with E-state index < -0.39 is 17.4 Å². The van der Waals surface area contributed by atoms with Crippen LogP contribution in [-0.2, 0) is 4.79 Å². The van der Waals surface area contributed by atoms with Crippen molar-refractivity contribution in [3.05, 3.63) is 28.0 Å². The molecule has 0 unspecified atom stereocenters. The quantitative estimate of drug-likeness (QED) is 0.823. The monoisotopic (exact) mass is 274 g/mol. The third-order valence-corrected chi connectivity index (χ3v) is 3.05. The highest BCUT2D eigenvalue weighted by Crippen LogP contribution is 2.36. The zero-order valence-electron chi connectivity index (χ0n) is 8.54. The molecular formula is C10H8Cl2N2O3. The Morgan fingerprint density at radius 3 is 2.53 bits per heavy atom. The lowest BCUT2D eigenvalue weighted by atomic mass is 10.2. The van der Waals surface area contributed by atoms with E-state index in [1.165, 1.54) is 12.1 Å². The van der Waals surface area contributed by atoms with Crippen molar-refractivity contribution in [2.24, 2.45) is 0 Å². The number of nitrogens with one attached hydrogen (secondary N) is 1. The number of rotatable bonds is 3. The number of aromatic nitrogens is 1. The van der Waals surface area contributed by atoms with E-state index in [0.29, 0.717) is 12.8 Å². The van der Waals surface area contributed by atoms with Crippen molar-refractivity contribution in [3.8, 4) is 0 Å². The zero-order chi connectivity index (χ0) is 12.6. The Labute approximate surface area is 107 Å². The molecule has 0 saturated heterocycles. The minimum atomic E-state index is -1.16. The average Bonchev–Trinajstić information content (AvgIpc) is 3.02. The number of halogens is 2. The van der Waals surface area contributed by atoms with Crippen LogP contribution in [0.1, 0.15) is 23.3 Å². The van der Waals surface area contributed by atoms with Gasteiger partial charge in [0.15, 0.2) is 0 Å². The maximum Gasteiger partial charge on any atom is 0.329 e. The summed E-state index contributed by atoms with van der Waals surface area (Å²) in [4.78, 5) is 26.5. The highest BCUT2D eigenvalue weighted by molar-refractivity contribution is 6.34. The van der Waals surface area contributed by atoms with E-state index in [2.05, 4.69) is 10.3 Å². The first kappa shape index (κ1) is 12.1. The number of pyridine rings is 1. The fourth-order valence-corrected chi connectivity index (χ4v) is 1.71. The number of nitrogens with zero attached hydrogens (tertiary/aromatic N) is 1. The smallest absolute Gasteiger partial charge is 0.329 e. The highest BCUT2D eigenvalue weighted by Gasteiger charge is 2.52. The van der Waals surface area contributed by atoms with E-state index >= 15 is 0 Å². The normalized spacial score (nSPS) is 16.4. The first-order valence-electron chi connectivity index (χ1n) is 4.82. The van der Waals surface area contributed by atoms with Crippen LogP contribution < -0.4 is 5.32 Å². The molecule has 1 aliphatic rings. The Balaban J connectivity index is 2.21. The number of aliphatic carboxylic acids is 1. The largest absolute Gasteiger partial charge is 0.480 e. The number of hydrogen-bond donors (Lipinski definition) is 2. The summed E-state index contributed by atoms with van der Waals surface area (Å²) >= 11 is 11.4. The Kier molecular flexibility index (Phi) is 2.97. The Morgan fingerprint density at radius 1 is 1.35 bits per heavy atom. The van der Waals surface area contributed by atoms with Gasteiger partial charge in [0.1, 0.15) is 16.4 Å². The van der Waals surface area contributed by atoms with Crippen LogP contribution in [-0.4, -0.2) is 27.5 Å². The van der Waals surface area contributed by atoms with Crippen molar-refractivity contribution in [1.29, 1.82) is 0 Å². The van der Waals surface area contributed by atoms with Crippen LogP contribution in [0.25, 0.3) is 0 Å². The van der Waals surface area contributed by atoms with E-state index in [9.17, 15) is 9.59 Å². The van der Waals surface area contributed by atoms with Crippen molar-refractivity contribution in [2.75, 3.05) is 0 Å². The number of amides is 1. The molecule has 2 N–H and O–H groups in total. The van der Waals surface area contributed by atoms with Crippen LogP contribution in [0.15, 0.2) is 12.1 Å². The summed E-state index contributed by atoms with van der Waals surface area (Å²) in [5.74, 6) is -1.68. The van der Waals surface area contributed by atoms with Crippen LogP contribution in [0, 0.1) is 0 Å². The van der Waals surface area contributed by atoms with Gasteiger partial charge in [0.2, 0.25) is 0 Å². The van der Waals surface area contributed by atoms with Crippen molar-refractivity contribution < 1.29 is 14.7 Å². The summed E-state index contributed by atoms with van der Waals surface area (Å²) in [7, 11) is 0. The second kappa shape index (κ2) is 4.16. The molecule has 1 saturated carbocycles. The zero-order valence-corrected chi connectivity index (χ0v) is 10.0. The van der Waals surface area contributed by atoms with Crippen molar-refractivity contribution in [1.82, 2.24) is 10.3 Å². The molecule has 1 aromatic heterocycles. The predicted molar refractivity (Wildman–Crippen MR) is 61.3 cm³/mol. The minimum Gasteiger partial charge on any atom is -0.480 e. The lowest BCUT2D eigenvalue weighted by molar-refractivity contribution is -0.140.